The van der Waals surface area contributed by atoms with E-state index in [0.29, 0.717) is 0 Å². The molecule has 2 rings (SSSR count). The molecule has 2 unspecified atom stereocenters. The van der Waals surface area contributed by atoms with Crippen LogP contribution in [0.4, 0.5) is 17.1 Å². The number of hydrazone groups is 1. The quantitative estimate of drug-likeness (QED) is 0.381. The van der Waals surface area contributed by atoms with Gasteiger partial charge in [0, 0.05) is 11.8 Å². The fraction of sp³-hybridized carbons (Fsp3) is 0.188. The van der Waals surface area contributed by atoms with Crippen LogP contribution < -0.4 is 15.9 Å². The lowest BCUT2D eigenvalue weighted by atomic mass is 10.1. The average molecular weight is 332 g/mol. The maximum Gasteiger partial charge on any atom is 0.195 e. The first-order valence-corrected chi connectivity index (χ1v) is 7.41. The topological polar surface area (TPSA) is 120 Å². The Morgan fingerprint density at radius 3 is 2.42 bits per heavy atom. The van der Waals surface area contributed by atoms with Crippen LogP contribution in [0.2, 0.25) is 0 Å². The molecule has 128 valence electrons. The first kappa shape index (κ1) is 18.0. The molecule has 0 saturated heterocycles. The lowest BCUT2D eigenvalue weighted by molar-refractivity contribution is -0.996. The highest BCUT2D eigenvalue weighted by Gasteiger charge is 2.13. The van der Waals surface area contributed by atoms with Crippen molar-refractivity contribution in [1.29, 1.82) is 0 Å². The van der Waals surface area contributed by atoms with Gasteiger partial charge in [0.25, 0.3) is 0 Å². The molecule has 0 bridgehead atoms. The molecule has 0 aliphatic carbocycles. The zero-order valence-electron chi connectivity index (χ0n) is 13.2. The second kappa shape index (κ2) is 8.50. The van der Waals surface area contributed by atoms with Gasteiger partial charge in [-0.25, -0.2) is 10.4 Å². The Hall–Kier alpha value is -2.33. The van der Waals surface area contributed by atoms with E-state index in [9.17, 15) is 15.6 Å². The minimum atomic E-state index is -1.21. The van der Waals surface area contributed by atoms with Gasteiger partial charge >= 0.3 is 0 Å². The van der Waals surface area contributed by atoms with Crippen LogP contribution in [0.15, 0.2) is 53.6 Å². The van der Waals surface area contributed by atoms with E-state index >= 15 is 0 Å². The van der Waals surface area contributed by atoms with Crippen molar-refractivity contribution in [2.45, 2.75) is 19.8 Å². The van der Waals surface area contributed by atoms with Crippen molar-refractivity contribution >= 4 is 22.8 Å². The fourth-order valence-electron chi connectivity index (χ4n) is 2.13. The third kappa shape index (κ3) is 5.10. The van der Waals surface area contributed by atoms with Crippen molar-refractivity contribution < 1.29 is 20.9 Å². The summed E-state index contributed by atoms with van der Waals surface area (Å²) in [5.41, 5.74) is 4.77. The van der Waals surface area contributed by atoms with Crippen LogP contribution >= 0.6 is 0 Å². The maximum absolute atomic E-state index is 11.3. The van der Waals surface area contributed by atoms with Gasteiger partial charge in [-0.3, -0.25) is 5.43 Å². The van der Waals surface area contributed by atoms with Crippen molar-refractivity contribution in [3.8, 4) is 0 Å². The Morgan fingerprint density at radius 1 is 1.08 bits per heavy atom. The van der Waals surface area contributed by atoms with Gasteiger partial charge in [0.2, 0.25) is 0 Å². The molecule has 24 heavy (non-hydrogen) atoms. The summed E-state index contributed by atoms with van der Waals surface area (Å²) < 4.78 is 0. The van der Waals surface area contributed by atoms with Gasteiger partial charge in [-0.1, -0.05) is 30.3 Å². The van der Waals surface area contributed by atoms with Crippen molar-refractivity contribution in [3.63, 3.8) is 0 Å². The maximum atomic E-state index is 11.3. The standard InChI is InChI=1S/C16H20N4O4/c1-12(7-8-13-5-3-2-4-6-13)17-18-15-10-9-14(19(21)22)11-16(15)20(23)24/h2-6,9-11,18-21,23H,7-8H2,1H3/b17-12+. The van der Waals surface area contributed by atoms with Gasteiger partial charge in [0.05, 0.1) is 6.07 Å². The largest absolute Gasteiger partial charge is 0.595 e. The molecule has 5 N–H and O–H groups in total. The average Bonchev–Trinajstić information content (AvgIpc) is 2.58. The molecular formula is C16H20N4O4. The van der Waals surface area contributed by atoms with E-state index in [-0.39, 0.29) is 17.1 Å². The predicted molar refractivity (Wildman–Crippen MR) is 89.5 cm³/mol. The molecule has 0 aromatic heterocycles. The van der Waals surface area contributed by atoms with E-state index in [1.165, 1.54) is 17.7 Å². The Bertz CT molecular complexity index is 690. The number of nitrogens with one attached hydrogen (secondary N) is 3. The summed E-state index contributed by atoms with van der Waals surface area (Å²) in [6, 6.07) is 13.8. The van der Waals surface area contributed by atoms with Gasteiger partial charge in [-0.05, 0) is 31.4 Å². The second-order valence-corrected chi connectivity index (χ2v) is 5.32. The zero-order valence-corrected chi connectivity index (χ0v) is 13.2. The minimum absolute atomic E-state index is 0.0808. The van der Waals surface area contributed by atoms with Crippen LogP contribution in [0.25, 0.3) is 0 Å². The summed E-state index contributed by atoms with van der Waals surface area (Å²) in [4.78, 5) is 0. The zero-order chi connectivity index (χ0) is 17.5. The molecule has 2 aromatic carbocycles. The Labute approximate surface area is 139 Å². The number of benzene rings is 2. The van der Waals surface area contributed by atoms with E-state index in [4.69, 9.17) is 5.21 Å². The summed E-state index contributed by atoms with van der Waals surface area (Å²) in [5.74, 6) is 0. The van der Waals surface area contributed by atoms with E-state index in [2.05, 4.69) is 10.5 Å². The molecule has 2 atom stereocenters. The molecule has 0 amide bonds. The van der Waals surface area contributed by atoms with Crippen molar-refractivity contribution in [1.82, 2.24) is 0 Å². The monoisotopic (exact) mass is 332 g/mol. The molecular weight excluding hydrogens is 312 g/mol. The van der Waals surface area contributed by atoms with Crippen LogP contribution in [0.3, 0.4) is 0 Å². The molecule has 8 nitrogen and oxygen atoms in total. The highest BCUT2D eigenvalue weighted by molar-refractivity contribution is 5.83. The number of aryl methyl sites for hydroxylation is 1. The van der Waals surface area contributed by atoms with Crippen LogP contribution in [0, 0.1) is 10.4 Å². The second-order valence-electron chi connectivity index (χ2n) is 5.32. The van der Waals surface area contributed by atoms with Gasteiger partial charge in [0.15, 0.2) is 11.4 Å². The van der Waals surface area contributed by atoms with Gasteiger partial charge < -0.3 is 10.4 Å². The predicted octanol–water partition coefficient (Wildman–Crippen LogP) is 0.914. The molecule has 0 radical (unpaired) electrons. The van der Waals surface area contributed by atoms with Crippen LogP contribution in [0.1, 0.15) is 18.9 Å². The summed E-state index contributed by atoms with van der Waals surface area (Å²) >= 11 is 0. The van der Waals surface area contributed by atoms with Gasteiger partial charge in [-0.15, -0.1) is 0 Å². The third-order valence-electron chi connectivity index (χ3n) is 3.48. The molecule has 2 aromatic rings. The molecule has 0 heterocycles. The van der Waals surface area contributed by atoms with Crippen LogP contribution in [-0.2, 0) is 6.42 Å². The highest BCUT2D eigenvalue weighted by Crippen LogP contribution is 2.20. The lowest BCUT2D eigenvalue weighted by Crippen LogP contribution is -3.00. The fourth-order valence-corrected chi connectivity index (χ4v) is 2.13. The number of anilines is 1. The highest BCUT2D eigenvalue weighted by atomic mass is 16.8. The third-order valence-corrected chi connectivity index (χ3v) is 3.48. The first-order valence-electron chi connectivity index (χ1n) is 7.41. The summed E-state index contributed by atoms with van der Waals surface area (Å²) in [6.45, 7) is 1.85. The van der Waals surface area contributed by atoms with E-state index in [0.717, 1.165) is 24.6 Å². The van der Waals surface area contributed by atoms with Gasteiger partial charge in [0.1, 0.15) is 5.69 Å². The summed E-state index contributed by atoms with van der Waals surface area (Å²) in [5, 5.41) is 42.1. The SMILES string of the molecule is C/C(CCc1ccccc1)=N\Nc1ccc([NH+]([O-])O)cc1[NH+]([O-])O. The number of hydrogen-bond acceptors (Lipinski definition) is 6. The Kier molecular flexibility index (Phi) is 6.38. The number of nitrogens with zero attached hydrogens (tertiary/aromatic N) is 1. The molecule has 0 spiro atoms. The Balaban J connectivity index is 2.04. The summed E-state index contributed by atoms with van der Waals surface area (Å²) in [7, 11) is 0. The molecule has 0 aliphatic rings. The van der Waals surface area contributed by atoms with Crippen molar-refractivity contribution in [3.05, 3.63) is 64.5 Å². The number of hydrogen-bond donors (Lipinski definition) is 5. The molecule has 0 saturated carbocycles. The van der Waals surface area contributed by atoms with Gasteiger partial charge in [-0.2, -0.15) is 15.6 Å². The minimum Gasteiger partial charge on any atom is -0.595 e. The first-order chi connectivity index (χ1) is 11.5. The van der Waals surface area contributed by atoms with Crippen molar-refractivity contribution in [2.24, 2.45) is 5.10 Å². The van der Waals surface area contributed by atoms with Crippen LogP contribution in [-0.4, -0.2) is 16.1 Å². The van der Waals surface area contributed by atoms with E-state index < -0.39 is 10.5 Å². The number of quaternary nitrogens is 2. The van der Waals surface area contributed by atoms with Crippen molar-refractivity contribution in [2.75, 3.05) is 5.43 Å². The Morgan fingerprint density at radius 2 is 1.79 bits per heavy atom. The molecule has 0 aliphatic heterocycles. The van der Waals surface area contributed by atoms with Crippen LogP contribution in [0.5, 0.6) is 0 Å². The smallest absolute Gasteiger partial charge is 0.195 e. The van der Waals surface area contributed by atoms with E-state index in [1.54, 1.807) is 0 Å². The summed E-state index contributed by atoms with van der Waals surface area (Å²) in [6.07, 6.45) is 1.56. The molecule has 0 fully saturated rings. The normalized spacial score (nSPS) is 14.3. The lowest BCUT2D eigenvalue weighted by Gasteiger charge is -2.18. The number of rotatable bonds is 7. The van der Waals surface area contributed by atoms with E-state index in [1.807, 2.05) is 37.3 Å². The molecule has 8 heteroatoms.